The van der Waals surface area contributed by atoms with Crippen LogP contribution in [0.5, 0.6) is 11.5 Å². The molecule has 0 saturated carbocycles. The molecule has 2 aromatic rings. The summed E-state index contributed by atoms with van der Waals surface area (Å²) < 4.78 is 10.8. The van der Waals surface area contributed by atoms with Gasteiger partial charge in [-0.15, -0.1) is 0 Å². The monoisotopic (exact) mass is 343 g/mol. The van der Waals surface area contributed by atoms with E-state index in [0.29, 0.717) is 18.8 Å². The number of hydrogen-bond acceptors (Lipinski definition) is 4. The first-order chi connectivity index (χ1) is 12.0. The van der Waals surface area contributed by atoms with Gasteiger partial charge < -0.3 is 24.3 Å². The predicted octanol–water partition coefficient (Wildman–Crippen LogP) is 1.92. The standard InChI is InChI=1S/C18H21N3O4/c1-18(8-12-3-4-14-15(7-12)25-11-24-14)5-2-6-21(10-18)16(22)13-9-19-17(23)20-13/h3-4,7,9H,2,5-6,8,10-11H2,1H3,(H2,19,20,23)/t18-/m0/s1. The smallest absolute Gasteiger partial charge is 0.323 e. The molecule has 3 heterocycles. The highest BCUT2D eigenvalue weighted by molar-refractivity contribution is 5.92. The van der Waals surface area contributed by atoms with Crippen LogP contribution in [0.3, 0.4) is 0 Å². The third-order valence-electron chi connectivity index (χ3n) is 4.96. The molecular weight excluding hydrogens is 322 g/mol. The Labute approximate surface area is 145 Å². The molecule has 1 atom stereocenters. The Bertz CT molecular complexity index is 856. The number of likely N-dealkylation sites (tertiary alicyclic amines) is 1. The van der Waals surface area contributed by atoms with Crippen LogP contribution in [0.1, 0.15) is 35.8 Å². The van der Waals surface area contributed by atoms with Gasteiger partial charge in [-0.3, -0.25) is 4.79 Å². The van der Waals surface area contributed by atoms with Crippen molar-refractivity contribution in [1.82, 2.24) is 14.9 Å². The van der Waals surface area contributed by atoms with Gasteiger partial charge in [0.05, 0.1) is 0 Å². The van der Waals surface area contributed by atoms with Crippen molar-refractivity contribution in [2.75, 3.05) is 19.9 Å². The zero-order chi connectivity index (χ0) is 17.4. The maximum absolute atomic E-state index is 12.6. The van der Waals surface area contributed by atoms with Crippen LogP contribution in [0.4, 0.5) is 0 Å². The Morgan fingerprint density at radius 3 is 2.96 bits per heavy atom. The minimum atomic E-state index is -0.358. The van der Waals surface area contributed by atoms with Gasteiger partial charge in [-0.25, -0.2) is 4.79 Å². The molecule has 7 nitrogen and oxygen atoms in total. The molecule has 1 aromatic heterocycles. The van der Waals surface area contributed by atoms with Crippen LogP contribution in [-0.2, 0) is 6.42 Å². The largest absolute Gasteiger partial charge is 0.454 e. The van der Waals surface area contributed by atoms with Crippen LogP contribution >= 0.6 is 0 Å². The first kappa shape index (κ1) is 15.8. The number of piperidine rings is 1. The minimum absolute atomic E-state index is 0.0157. The van der Waals surface area contributed by atoms with Crippen molar-refractivity contribution < 1.29 is 14.3 Å². The number of fused-ring (bicyclic) bond motifs is 1. The SMILES string of the molecule is C[C@@]1(Cc2ccc3c(c2)OCO3)CCCN(C(=O)c2c[nH]c(=O)[nH]2)C1. The third kappa shape index (κ3) is 3.14. The molecule has 2 aliphatic heterocycles. The topological polar surface area (TPSA) is 87.4 Å². The van der Waals surface area contributed by atoms with E-state index in [-0.39, 0.29) is 23.8 Å². The lowest BCUT2D eigenvalue weighted by Gasteiger charge is -2.40. The Kier molecular flexibility index (Phi) is 3.78. The van der Waals surface area contributed by atoms with E-state index in [1.165, 1.54) is 11.8 Å². The quantitative estimate of drug-likeness (QED) is 0.891. The highest BCUT2D eigenvalue weighted by Crippen LogP contribution is 2.37. The second kappa shape index (κ2) is 5.98. The maximum atomic E-state index is 12.6. The molecule has 0 spiro atoms. The number of nitrogens with zero attached hydrogens (tertiary/aromatic N) is 1. The zero-order valence-electron chi connectivity index (χ0n) is 14.1. The van der Waals surface area contributed by atoms with E-state index < -0.39 is 0 Å². The third-order valence-corrected chi connectivity index (χ3v) is 4.96. The van der Waals surface area contributed by atoms with Crippen LogP contribution in [0.25, 0.3) is 0 Å². The first-order valence-corrected chi connectivity index (χ1v) is 8.48. The van der Waals surface area contributed by atoms with Gasteiger partial charge in [0.25, 0.3) is 5.91 Å². The summed E-state index contributed by atoms with van der Waals surface area (Å²) in [6, 6.07) is 6.03. The van der Waals surface area contributed by atoms with Crippen LogP contribution in [0, 0.1) is 5.41 Å². The number of carbonyl (C=O) groups is 1. The van der Waals surface area contributed by atoms with Crippen LogP contribution in [-0.4, -0.2) is 40.7 Å². The van der Waals surface area contributed by atoms with Gasteiger partial charge in [-0.05, 0) is 42.4 Å². The number of aromatic amines is 2. The number of hydrogen-bond donors (Lipinski definition) is 2. The van der Waals surface area contributed by atoms with Crippen molar-refractivity contribution in [1.29, 1.82) is 0 Å². The average Bonchev–Trinajstić information content (AvgIpc) is 3.22. The predicted molar refractivity (Wildman–Crippen MR) is 90.9 cm³/mol. The molecule has 1 saturated heterocycles. The fraction of sp³-hybridized carbons (Fsp3) is 0.444. The van der Waals surface area contributed by atoms with Gasteiger partial charge in [0.1, 0.15) is 5.69 Å². The molecule has 2 N–H and O–H groups in total. The zero-order valence-corrected chi connectivity index (χ0v) is 14.1. The van der Waals surface area contributed by atoms with E-state index in [1.54, 1.807) is 0 Å². The first-order valence-electron chi connectivity index (χ1n) is 8.48. The Balaban J connectivity index is 1.49. The summed E-state index contributed by atoms with van der Waals surface area (Å²) in [6.45, 7) is 3.85. The number of ether oxygens (including phenoxy) is 2. The molecule has 0 aliphatic carbocycles. The number of carbonyl (C=O) groups excluding carboxylic acids is 1. The average molecular weight is 343 g/mol. The van der Waals surface area contributed by atoms with Gasteiger partial charge in [-0.1, -0.05) is 13.0 Å². The summed E-state index contributed by atoms with van der Waals surface area (Å²) in [5.74, 6) is 1.44. The normalized spacial score (nSPS) is 22.2. The lowest BCUT2D eigenvalue weighted by molar-refractivity contribution is 0.0545. The van der Waals surface area contributed by atoms with Crippen molar-refractivity contribution in [3.05, 3.63) is 46.1 Å². The van der Waals surface area contributed by atoms with E-state index in [1.807, 2.05) is 17.0 Å². The second-order valence-corrected chi connectivity index (χ2v) is 7.16. The second-order valence-electron chi connectivity index (χ2n) is 7.16. The Hall–Kier alpha value is -2.70. The number of benzene rings is 1. The number of H-pyrrole nitrogens is 2. The van der Waals surface area contributed by atoms with Gasteiger partial charge >= 0.3 is 5.69 Å². The molecule has 0 radical (unpaired) electrons. The van der Waals surface area contributed by atoms with E-state index in [0.717, 1.165) is 30.8 Å². The highest BCUT2D eigenvalue weighted by atomic mass is 16.7. The molecular formula is C18H21N3O4. The summed E-state index contributed by atoms with van der Waals surface area (Å²) in [6.07, 6.45) is 4.29. The van der Waals surface area contributed by atoms with Crippen molar-refractivity contribution in [3.8, 4) is 11.5 Å². The molecule has 0 unspecified atom stereocenters. The Morgan fingerprint density at radius 1 is 1.32 bits per heavy atom. The van der Waals surface area contributed by atoms with E-state index in [2.05, 4.69) is 23.0 Å². The molecule has 7 heteroatoms. The van der Waals surface area contributed by atoms with E-state index >= 15 is 0 Å². The molecule has 132 valence electrons. The lowest BCUT2D eigenvalue weighted by atomic mass is 9.77. The molecule has 1 aromatic carbocycles. The van der Waals surface area contributed by atoms with Gasteiger partial charge in [-0.2, -0.15) is 0 Å². The van der Waals surface area contributed by atoms with Crippen molar-refractivity contribution >= 4 is 5.91 Å². The summed E-state index contributed by atoms with van der Waals surface area (Å²) in [4.78, 5) is 30.7. The van der Waals surface area contributed by atoms with Crippen molar-refractivity contribution in [2.24, 2.45) is 5.41 Å². The number of nitrogens with one attached hydrogen (secondary N) is 2. The van der Waals surface area contributed by atoms with Crippen LogP contribution in [0.15, 0.2) is 29.2 Å². The maximum Gasteiger partial charge on any atom is 0.323 e. The van der Waals surface area contributed by atoms with Crippen molar-refractivity contribution in [2.45, 2.75) is 26.2 Å². The molecule has 25 heavy (non-hydrogen) atoms. The van der Waals surface area contributed by atoms with Crippen molar-refractivity contribution in [3.63, 3.8) is 0 Å². The number of rotatable bonds is 3. The molecule has 4 rings (SSSR count). The van der Waals surface area contributed by atoms with Gasteiger partial charge in [0.15, 0.2) is 11.5 Å². The van der Waals surface area contributed by atoms with E-state index in [4.69, 9.17) is 9.47 Å². The van der Waals surface area contributed by atoms with Gasteiger partial charge in [0.2, 0.25) is 6.79 Å². The number of amides is 1. The summed E-state index contributed by atoms with van der Waals surface area (Å²) >= 11 is 0. The number of imidazole rings is 1. The lowest BCUT2D eigenvalue weighted by Crippen LogP contribution is -2.46. The van der Waals surface area contributed by atoms with E-state index in [9.17, 15) is 9.59 Å². The molecule has 1 fully saturated rings. The molecule has 2 aliphatic rings. The Morgan fingerprint density at radius 2 is 2.16 bits per heavy atom. The summed E-state index contributed by atoms with van der Waals surface area (Å²) in [7, 11) is 0. The molecule has 1 amide bonds. The minimum Gasteiger partial charge on any atom is -0.454 e. The van der Waals surface area contributed by atoms with Crippen LogP contribution < -0.4 is 15.2 Å². The summed E-state index contributed by atoms with van der Waals surface area (Å²) in [5, 5.41) is 0. The summed E-state index contributed by atoms with van der Waals surface area (Å²) in [5.41, 5.74) is 1.12. The fourth-order valence-electron chi connectivity index (χ4n) is 3.79. The molecule has 0 bridgehead atoms. The highest BCUT2D eigenvalue weighted by Gasteiger charge is 2.34. The fourth-order valence-corrected chi connectivity index (χ4v) is 3.79. The number of aromatic nitrogens is 2. The van der Waals surface area contributed by atoms with Crippen LogP contribution in [0.2, 0.25) is 0 Å². The van der Waals surface area contributed by atoms with Gasteiger partial charge in [0, 0.05) is 19.3 Å².